The van der Waals surface area contributed by atoms with E-state index in [2.05, 4.69) is 26.1 Å². The molecular weight excluding hydrogens is 262 g/mol. The van der Waals surface area contributed by atoms with Gasteiger partial charge in [0.15, 0.2) is 0 Å². The zero-order valence-corrected chi connectivity index (χ0v) is 12.4. The van der Waals surface area contributed by atoms with E-state index >= 15 is 0 Å². The molecule has 2 fully saturated rings. The monoisotopic (exact) mass is 281 g/mol. The van der Waals surface area contributed by atoms with Gasteiger partial charge in [0, 0.05) is 6.04 Å². The van der Waals surface area contributed by atoms with E-state index in [0.717, 1.165) is 0 Å². The maximum Gasteiger partial charge on any atom is 0.256 e. The Morgan fingerprint density at radius 2 is 2.21 bits per heavy atom. The standard InChI is InChI=1S/C15H20ClNO2/c1-14(2)9-4-6-15(3,8-9)13(14)17-12(18)10-5-7-19-11(10)16/h5,7,9,13H,4,6,8H2,1-3H3,(H,17,18). The summed E-state index contributed by atoms with van der Waals surface area (Å²) in [6, 6.07) is 1.83. The van der Waals surface area contributed by atoms with Crippen molar-refractivity contribution < 1.29 is 9.21 Å². The van der Waals surface area contributed by atoms with Crippen molar-refractivity contribution >= 4 is 17.5 Å². The maximum atomic E-state index is 12.3. The van der Waals surface area contributed by atoms with Gasteiger partial charge in [-0.2, -0.15) is 0 Å². The van der Waals surface area contributed by atoms with E-state index in [9.17, 15) is 4.79 Å². The van der Waals surface area contributed by atoms with E-state index in [-0.39, 0.29) is 28.0 Å². The highest BCUT2D eigenvalue weighted by atomic mass is 35.5. The predicted molar refractivity (Wildman–Crippen MR) is 74.2 cm³/mol. The first-order valence-electron chi connectivity index (χ1n) is 6.88. The lowest BCUT2D eigenvalue weighted by Crippen LogP contribution is -2.52. The molecule has 1 aromatic rings. The normalized spacial score (nSPS) is 35.6. The highest BCUT2D eigenvalue weighted by Crippen LogP contribution is 2.62. The van der Waals surface area contributed by atoms with Crippen LogP contribution in [0.3, 0.4) is 0 Å². The summed E-state index contributed by atoms with van der Waals surface area (Å²) in [5.74, 6) is 0.591. The van der Waals surface area contributed by atoms with Crippen molar-refractivity contribution in [2.45, 2.75) is 46.1 Å². The van der Waals surface area contributed by atoms with Gasteiger partial charge in [-0.25, -0.2) is 0 Å². The Morgan fingerprint density at radius 3 is 2.74 bits per heavy atom. The minimum absolute atomic E-state index is 0.120. The molecule has 4 heteroatoms. The van der Waals surface area contributed by atoms with Crippen LogP contribution < -0.4 is 5.32 Å². The van der Waals surface area contributed by atoms with Crippen molar-refractivity contribution in [2.75, 3.05) is 0 Å². The molecule has 1 heterocycles. The first kappa shape index (κ1) is 13.0. The number of amides is 1. The first-order valence-corrected chi connectivity index (χ1v) is 7.26. The van der Waals surface area contributed by atoms with Crippen LogP contribution >= 0.6 is 11.6 Å². The Morgan fingerprint density at radius 1 is 1.47 bits per heavy atom. The molecule has 1 N–H and O–H groups in total. The minimum Gasteiger partial charge on any atom is -0.452 e. The van der Waals surface area contributed by atoms with Gasteiger partial charge in [0.25, 0.3) is 5.91 Å². The highest BCUT2D eigenvalue weighted by Gasteiger charge is 2.59. The fourth-order valence-electron chi connectivity index (χ4n) is 4.33. The SMILES string of the molecule is CC12CCC(C1)C(C)(C)C2NC(=O)c1ccoc1Cl. The summed E-state index contributed by atoms with van der Waals surface area (Å²) >= 11 is 5.88. The van der Waals surface area contributed by atoms with Crippen molar-refractivity contribution in [3.05, 3.63) is 23.1 Å². The summed E-state index contributed by atoms with van der Waals surface area (Å²) in [6.45, 7) is 6.83. The second-order valence-electron chi connectivity index (χ2n) is 6.93. The molecule has 3 atom stereocenters. The second kappa shape index (κ2) is 4.02. The molecule has 0 spiro atoms. The Hall–Kier alpha value is -0.960. The van der Waals surface area contributed by atoms with E-state index < -0.39 is 0 Å². The zero-order valence-electron chi connectivity index (χ0n) is 11.6. The second-order valence-corrected chi connectivity index (χ2v) is 7.27. The van der Waals surface area contributed by atoms with Crippen molar-refractivity contribution in [1.82, 2.24) is 5.32 Å². The van der Waals surface area contributed by atoms with Crippen LogP contribution in [0.1, 0.15) is 50.4 Å². The van der Waals surface area contributed by atoms with Gasteiger partial charge in [-0.1, -0.05) is 20.8 Å². The highest BCUT2D eigenvalue weighted by molar-refractivity contribution is 6.32. The van der Waals surface area contributed by atoms with Gasteiger partial charge in [-0.05, 0) is 53.7 Å². The number of fused-ring (bicyclic) bond motifs is 2. The number of carbonyl (C=O) groups is 1. The number of hydrogen-bond acceptors (Lipinski definition) is 2. The van der Waals surface area contributed by atoms with E-state index in [1.807, 2.05) is 0 Å². The first-order chi connectivity index (χ1) is 8.84. The molecule has 19 heavy (non-hydrogen) atoms. The molecule has 2 saturated carbocycles. The van der Waals surface area contributed by atoms with Gasteiger partial charge >= 0.3 is 0 Å². The van der Waals surface area contributed by atoms with Gasteiger partial charge in [0.2, 0.25) is 5.22 Å². The predicted octanol–water partition coefficient (Wildman–Crippen LogP) is 3.88. The summed E-state index contributed by atoms with van der Waals surface area (Å²) in [5, 5.41) is 3.37. The van der Waals surface area contributed by atoms with E-state index in [4.69, 9.17) is 16.0 Å². The fourth-order valence-corrected chi connectivity index (χ4v) is 4.53. The van der Waals surface area contributed by atoms with E-state index in [1.165, 1.54) is 25.5 Å². The van der Waals surface area contributed by atoms with Crippen molar-refractivity contribution in [3.63, 3.8) is 0 Å². The van der Waals surface area contributed by atoms with E-state index in [0.29, 0.717) is 11.5 Å². The number of hydrogen-bond donors (Lipinski definition) is 1. The largest absolute Gasteiger partial charge is 0.452 e. The van der Waals surface area contributed by atoms with Gasteiger partial charge < -0.3 is 9.73 Å². The summed E-state index contributed by atoms with van der Waals surface area (Å²) in [6.07, 6.45) is 5.14. The van der Waals surface area contributed by atoms with Crippen LogP contribution in [-0.4, -0.2) is 11.9 Å². The summed E-state index contributed by atoms with van der Waals surface area (Å²) in [5.41, 5.74) is 0.808. The van der Waals surface area contributed by atoms with Gasteiger partial charge in [-0.15, -0.1) is 0 Å². The molecule has 2 bridgehead atoms. The molecule has 0 aliphatic heterocycles. The quantitative estimate of drug-likeness (QED) is 0.894. The lowest BCUT2D eigenvalue weighted by atomic mass is 9.68. The molecule has 0 radical (unpaired) electrons. The molecule has 3 unspecified atom stereocenters. The van der Waals surface area contributed by atoms with Crippen molar-refractivity contribution in [3.8, 4) is 0 Å². The molecule has 0 aromatic carbocycles. The molecule has 1 amide bonds. The topological polar surface area (TPSA) is 42.2 Å². The molecule has 0 saturated heterocycles. The maximum absolute atomic E-state index is 12.3. The van der Waals surface area contributed by atoms with Crippen LogP contribution in [0.4, 0.5) is 0 Å². The van der Waals surface area contributed by atoms with E-state index in [1.54, 1.807) is 6.07 Å². The number of furan rings is 1. The number of rotatable bonds is 2. The van der Waals surface area contributed by atoms with Gasteiger partial charge in [-0.3, -0.25) is 4.79 Å². The van der Waals surface area contributed by atoms with Crippen LogP contribution in [0.5, 0.6) is 0 Å². The molecule has 3 nitrogen and oxygen atoms in total. The average Bonchev–Trinajstić information content (AvgIpc) is 2.95. The summed E-state index contributed by atoms with van der Waals surface area (Å²) in [4.78, 5) is 12.3. The number of carbonyl (C=O) groups excluding carboxylic acids is 1. The van der Waals surface area contributed by atoms with Crippen LogP contribution in [0.2, 0.25) is 5.22 Å². The lowest BCUT2D eigenvalue weighted by molar-refractivity contribution is 0.0737. The molecule has 2 aliphatic carbocycles. The zero-order chi connectivity index (χ0) is 13.8. The lowest BCUT2D eigenvalue weighted by Gasteiger charge is -2.43. The Kier molecular flexibility index (Phi) is 2.76. The third-order valence-electron chi connectivity index (χ3n) is 5.41. The third kappa shape index (κ3) is 1.82. The Bertz CT molecular complexity index is 517. The fraction of sp³-hybridized carbons (Fsp3) is 0.667. The van der Waals surface area contributed by atoms with Crippen LogP contribution in [0.15, 0.2) is 16.7 Å². The van der Waals surface area contributed by atoms with Crippen molar-refractivity contribution in [2.24, 2.45) is 16.7 Å². The number of halogens is 1. The molecule has 104 valence electrons. The summed E-state index contributed by atoms with van der Waals surface area (Å²) in [7, 11) is 0. The van der Waals surface area contributed by atoms with Gasteiger partial charge in [0.05, 0.1) is 11.8 Å². The Labute approximate surface area is 118 Å². The number of nitrogens with one attached hydrogen (secondary N) is 1. The molecular formula is C15H20ClNO2. The van der Waals surface area contributed by atoms with Gasteiger partial charge in [0.1, 0.15) is 0 Å². The minimum atomic E-state index is -0.120. The van der Waals surface area contributed by atoms with Crippen LogP contribution in [0, 0.1) is 16.7 Å². The average molecular weight is 282 g/mol. The summed E-state index contributed by atoms with van der Waals surface area (Å²) < 4.78 is 4.99. The third-order valence-corrected chi connectivity index (χ3v) is 5.70. The molecule has 3 rings (SSSR count). The molecule has 1 aromatic heterocycles. The Balaban J connectivity index is 1.84. The van der Waals surface area contributed by atoms with Crippen LogP contribution in [0.25, 0.3) is 0 Å². The molecule has 2 aliphatic rings. The smallest absolute Gasteiger partial charge is 0.256 e. The van der Waals surface area contributed by atoms with Crippen molar-refractivity contribution in [1.29, 1.82) is 0 Å². The van der Waals surface area contributed by atoms with Crippen LogP contribution in [-0.2, 0) is 0 Å².